The number of nitrogens with one attached hydrogen (secondary N) is 2. The predicted molar refractivity (Wildman–Crippen MR) is 167 cm³/mol. The molecule has 2 N–H and O–H groups in total. The number of fused-ring (bicyclic) bond motifs is 1. The molecule has 1 atom stereocenters. The van der Waals surface area contributed by atoms with Gasteiger partial charge in [0.05, 0.1) is 23.8 Å². The van der Waals surface area contributed by atoms with Gasteiger partial charge in [-0.25, -0.2) is 4.68 Å². The summed E-state index contributed by atoms with van der Waals surface area (Å²) >= 11 is 11.5. The van der Waals surface area contributed by atoms with Gasteiger partial charge in [0.15, 0.2) is 11.5 Å². The third-order valence-electron chi connectivity index (χ3n) is 6.52. The molecule has 1 amide bonds. The van der Waals surface area contributed by atoms with Gasteiger partial charge in [-0.05, 0) is 83.7 Å². The van der Waals surface area contributed by atoms with Crippen LogP contribution < -0.4 is 20.1 Å². The second-order valence-electron chi connectivity index (χ2n) is 9.40. The molecule has 0 fully saturated rings. The average Bonchev–Trinajstić information content (AvgIpc) is 3.35. The second-order valence-corrected chi connectivity index (χ2v) is 11.6. The van der Waals surface area contributed by atoms with Gasteiger partial charge in [0, 0.05) is 22.2 Å². The van der Waals surface area contributed by atoms with Gasteiger partial charge < -0.3 is 20.1 Å². The zero-order chi connectivity index (χ0) is 29.1. The van der Waals surface area contributed by atoms with Crippen LogP contribution in [0.2, 0.25) is 5.02 Å². The van der Waals surface area contributed by atoms with Crippen LogP contribution in [0.1, 0.15) is 36.6 Å². The van der Waals surface area contributed by atoms with Crippen molar-refractivity contribution in [1.29, 1.82) is 0 Å². The number of benzene rings is 3. The summed E-state index contributed by atoms with van der Waals surface area (Å²) in [5, 5.41) is 12.5. The van der Waals surface area contributed by atoms with Crippen LogP contribution in [0.3, 0.4) is 0 Å². The highest BCUT2D eigenvalue weighted by atomic mass is 79.9. The van der Waals surface area contributed by atoms with Gasteiger partial charge in [-0.1, -0.05) is 53.7 Å². The first kappa shape index (κ1) is 29.0. The first-order valence-electron chi connectivity index (χ1n) is 13.0. The summed E-state index contributed by atoms with van der Waals surface area (Å²) in [4.78, 5) is 18.6. The van der Waals surface area contributed by atoms with Crippen molar-refractivity contribution in [2.45, 2.75) is 37.7 Å². The molecule has 1 aliphatic heterocycles. The van der Waals surface area contributed by atoms with E-state index in [0.29, 0.717) is 61.4 Å². The molecule has 1 aliphatic rings. The number of carbonyl (C=O) groups excluding carboxylic acids is 1. The van der Waals surface area contributed by atoms with Crippen molar-refractivity contribution in [2.75, 3.05) is 24.4 Å². The van der Waals surface area contributed by atoms with Crippen LogP contribution in [0.25, 0.3) is 0 Å². The molecule has 0 aliphatic carbocycles. The maximum atomic E-state index is 13.9. The lowest BCUT2D eigenvalue weighted by Crippen LogP contribution is -2.31. The van der Waals surface area contributed by atoms with E-state index in [4.69, 9.17) is 31.2 Å². The number of rotatable bonds is 9. The number of allylic oxidation sites excluding steroid dienone is 1. The van der Waals surface area contributed by atoms with Crippen LogP contribution in [0, 0.1) is 6.92 Å². The number of ether oxygens (including phenoxy) is 2. The maximum absolute atomic E-state index is 13.9. The highest BCUT2D eigenvalue weighted by molar-refractivity contribution is 9.10. The van der Waals surface area contributed by atoms with Crippen molar-refractivity contribution in [1.82, 2.24) is 14.8 Å². The minimum absolute atomic E-state index is 0.249. The number of nitrogens with zero attached hydrogens (tertiary/aromatic N) is 3. The number of methoxy groups -OCH3 is 1. The molecule has 0 spiro atoms. The van der Waals surface area contributed by atoms with Gasteiger partial charge in [0.25, 0.3) is 5.91 Å². The summed E-state index contributed by atoms with van der Waals surface area (Å²) in [5.41, 5.74) is 4.70. The quantitative estimate of drug-likeness (QED) is 0.179. The standard InChI is InChI=1S/C30H29BrClN5O3S/c1-5-40-27-22(31)14-20(15-24(27)39-4)26-25(28(38)34-21-11-8-9-17(2)13-21)18(3)33-29-35-30(36-37(26)29)41-16-19-10-6-7-12-23(19)32/h6-15,26H,5,16H2,1-4H3,(H,34,38)(H,33,35,36). The Labute approximate surface area is 256 Å². The minimum atomic E-state index is -0.598. The fourth-order valence-corrected chi connectivity index (χ4v) is 6.34. The predicted octanol–water partition coefficient (Wildman–Crippen LogP) is 7.63. The molecular weight excluding hydrogens is 626 g/mol. The van der Waals surface area contributed by atoms with Gasteiger partial charge >= 0.3 is 0 Å². The molecule has 0 radical (unpaired) electrons. The van der Waals surface area contributed by atoms with E-state index in [0.717, 1.165) is 16.7 Å². The van der Waals surface area contributed by atoms with Gasteiger partial charge in [-0.3, -0.25) is 4.79 Å². The molecule has 0 saturated carbocycles. The van der Waals surface area contributed by atoms with Gasteiger partial charge in [0.2, 0.25) is 11.1 Å². The number of amides is 1. The largest absolute Gasteiger partial charge is 0.493 e. The normalized spacial score (nSPS) is 14.3. The molecular formula is C30H29BrClN5O3S. The summed E-state index contributed by atoms with van der Waals surface area (Å²) in [6.45, 7) is 6.24. The third kappa shape index (κ3) is 6.24. The number of halogens is 2. The number of aryl methyl sites for hydroxylation is 1. The zero-order valence-electron chi connectivity index (χ0n) is 23.0. The number of hydrogen-bond donors (Lipinski definition) is 2. The van der Waals surface area contributed by atoms with Crippen molar-refractivity contribution >= 4 is 56.8 Å². The van der Waals surface area contributed by atoms with Gasteiger partial charge in [-0.15, -0.1) is 5.10 Å². The molecule has 1 aromatic heterocycles. The maximum Gasteiger partial charge on any atom is 0.255 e. The van der Waals surface area contributed by atoms with Crippen LogP contribution in [-0.4, -0.2) is 34.4 Å². The highest BCUT2D eigenvalue weighted by Gasteiger charge is 2.35. The molecule has 3 aromatic carbocycles. The lowest BCUT2D eigenvalue weighted by atomic mass is 9.94. The molecule has 2 heterocycles. The Morgan fingerprint density at radius 1 is 1.17 bits per heavy atom. The van der Waals surface area contributed by atoms with E-state index in [9.17, 15) is 4.79 Å². The van der Waals surface area contributed by atoms with Crippen molar-refractivity contribution in [3.8, 4) is 11.5 Å². The summed E-state index contributed by atoms with van der Waals surface area (Å²) in [6.07, 6.45) is 0. The summed E-state index contributed by atoms with van der Waals surface area (Å²) in [7, 11) is 1.59. The molecule has 41 heavy (non-hydrogen) atoms. The summed E-state index contributed by atoms with van der Waals surface area (Å²) < 4.78 is 14.0. The Kier molecular flexibility index (Phi) is 8.91. The Morgan fingerprint density at radius 3 is 2.71 bits per heavy atom. The van der Waals surface area contributed by atoms with Crippen LogP contribution in [0.4, 0.5) is 11.6 Å². The third-order valence-corrected chi connectivity index (χ3v) is 8.37. The fraction of sp³-hybridized carbons (Fsp3) is 0.233. The van der Waals surface area contributed by atoms with Crippen molar-refractivity contribution in [3.05, 3.63) is 98.1 Å². The summed E-state index contributed by atoms with van der Waals surface area (Å²) in [5.74, 6) is 2.02. The molecule has 0 bridgehead atoms. The topological polar surface area (TPSA) is 90.3 Å². The molecule has 1 unspecified atom stereocenters. The van der Waals surface area contributed by atoms with E-state index in [1.807, 2.05) is 81.4 Å². The number of anilines is 2. The van der Waals surface area contributed by atoms with E-state index in [2.05, 4.69) is 26.6 Å². The van der Waals surface area contributed by atoms with Crippen LogP contribution in [0.15, 0.2) is 81.6 Å². The Hall–Kier alpha value is -3.47. The molecule has 4 aromatic rings. The van der Waals surface area contributed by atoms with Crippen LogP contribution in [-0.2, 0) is 10.5 Å². The van der Waals surface area contributed by atoms with E-state index in [1.54, 1.807) is 11.8 Å². The summed E-state index contributed by atoms with van der Waals surface area (Å²) in [6, 6.07) is 18.6. The average molecular weight is 655 g/mol. The molecule has 212 valence electrons. The first-order chi connectivity index (χ1) is 19.8. The Bertz CT molecular complexity index is 1640. The van der Waals surface area contributed by atoms with E-state index in [-0.39, 0.29) is 5.91 Å². The zero-order valence-corrected chi connectivity index (χ0v) is 26.2. The van der Waals surface area contributed by atoms with Crippen molar-refractivity contribution < 1.29 is 14.3 Å². The number of aromatic nitrogens is 3. The van der Waals surface area contributed by atoms with Gasteiger partial charge in [0.1, 0.15) is 6.04 Å². The van der Waals surface area contributed by atoms with Crippen LogP contribution >= 0.6 is 39.3 Å². The van der Waals surface area contributed by atoms with Crippen molar-refractivity contribution in [2.24, 2.45) is 0 Å². The minimum Gasteiger partial charge on any atom is -0.493 e. The Balaban J connectivity index is 1.57. The molecule has 8 nitrogen and oxygen atoms in total. The number of hydrogen-bond acceptors (Lipinski definition) is 7. The van der Waals surface area contributed by atoms with E-state index < -0.39 is 6.04 Å². The number of carbonyl (C=O) groups is 1. The van der Waals surface area contributed by atoms with E-state index in [1.165, 1.54) is 11.8 Å². The SMILES string of the molecule is CCOc1c(Br)cc(C2C(C(=O)Nc3cccc(C)c3)=C(C)Nc3nc(SCc4ccccc4Cl)nn32)cc1OC. The fourth-order valence-electron chi connectivity index (χ4n) is 4.66. The number of thioether (sulfide) groups is 1. The van der Waals surface area contributed by atoms with E-state index >= 15 is 0 Å². The first-order valence-corrected chi connectivity index (χ1v) is 15.1. The monoisotopic (exact) mass is 653 g/mol. The lowest BCUT2D eigenvalue weighted by Gasteiger charge is -2.29. The highest BCUT2D eigenvalue weighted by Crippen LogP contribution is 2.43. The lowest BCUT2D eigenvalue weighted by molar-refractivity contribution is -0.113. The second kappa shape index (κ2) is 12.6. The molecule has 5 rings (SSSR count). The van der Waals surface area contributed by atoms with Crippen molar-refractivity contribution in [3.63, 3.8) is 0 Å². The van der Waals surface area contributed by atoms with Gasteiger partial charge in [-0.2, -0.15) is 4.98 Å². The molecule has 11 heteroatoms. The van der Waals surface area contributed by atoms with Crippen LogP contribution in [0.5, 0.6) is 11.5 Å². The Morgan fingerprint density at radius 2 is 1.98 bits per heavy atom. The molecule has 0 saturated heterocycles. The smallest absolute Gasteiger partial charge is 0.255 e.